The van der Waals surface area contributed by atoms with Crippen LogP contribution in [0, 0.1) is 13.8 Å². The molecule has 0 atom stereocenters. The normalized spacial score (nSPS) is 10.5. The first-order valence-corrected chi connectivity index (χ1v) is 8.20. The average Bonchev–Trinajstić information content (AvgIpc) is 2.87. The van der Waals surface area contributed by atoms with Gasteiger partial charge in [0.15, 0.2) is 5.78 Å². The summed E-state index contributed by atoms with van der Waals surface area (Å²) in [5, 5.41) is 3.19. The van der Waals surface area contributed by atoms with Crippen molar-refractivity contribution in [3.63, 3.8) is 0 Å². The zero-order valence-electron chi connectivity index (χ0n) is 14.7. The van der Waals surface area contributed by atoms with Gasteiger partial charge in [0.25, 0.3) is 0 Å². The number of carbonyl (C=O) groups excluding carboxylic acids is 2. The molecular weight excluding hydrogens is 304 g/mol. The van der Waals surface area contributed by atoms with Crippen LogP contribution in [-0.4, -0.2) is 29.9 Å². The number of aromatic amines is 1. The SMILES string of the molecule is CCOC(=O)c1c(C)[nH]c(C(=O)CNc2ccccc2CC)c1C. The van der Waals surface area contributed by atoms with Gasteiger partial charge in [-0.25, -0.2) is 4.79 Å². The Morgan fingerprint density at radius 2 is 1.88 bits per heavy atom. The number of nitrogens with one attached hydrogen (secondary N) is 2. The number of anilines is 1. The van der Waals surface area contributed by atoms with Crippen LogP contribution in [0.5, 0.6) is 0 Å². The van der Waals surface area contributed by atoms with Crippen molar-refractivity contribution in [2.45, 2.75) is 34.1 Å². The summed E-state index contributed by atoms with van der Waals surface area (Å²) < 4.78 is 5.06. The Bertz CT molecular complexity index is 747. The second-order valence-corrected chi connectivity index (χ2v) is 5.63. The van der Waals surface area contributed by atoms with Crippen molar-refractivity contribution in [1.29, 1.82) is 0 Å². The number of benzene rings is 1. The first-order chi connectivity index (χ1) is 11.5. The van der Waals surface area contributed by atoms with Crippen LogP contribution in [0.2, 0.25) is 0 Å². The molecule has 2 rings (SSSR count). The fourth-order valence-corrected chi connectivity index (χ4v) is 2.80. The van der Waals surface area contributed by atoms with E-state index in [1.807, 2.05) is 24.3 Å². The van der Waals surface area contributed by atoms with Crippen molar-refractivity contribution in [3.8, 4) is 0 Å². The molecule has 5 heteroatoms. The van der Waals surface area contributed by atoms with Gasteiger partial charge in [-0.15, -0.1) is 0 Å². The lowest BCUT2D eigenvalue weighted by atomic mass is 10.1. The molecule has 1 heterocycles. The minimum absolute atomic E-state index is 0.0861. The van der Waals surface area contributed by atoms with Crippen molar-refractivity contribution in [2.75, 3.05) is 18.5 Å². The summed E-state index contributed by atoms with van der Waals surface area (Å²) in [5.41, 5.74) is 4.33. The second kappa shape index (κ2) is 7.81. The maximum atomic E-state index is 12.5. The second-order valence-electron chi connectivity index (χ2n) is 5.63. The molecule has 0 spiro atoms. The van der Waals surface area contributed by atoms with Gasteiger partial charge in [-0.05, 0) is 44.4 Å². The molecule has 24 heavy (non-hydrogen) atoms. The van der Waals surface area contributed by atoms with E-state index < -0.39 is 5.97 Å². The molecule has 0 aliphatic carbocycles. The van der Waals surface area contributed by atoms with Gasteiger partial charge in [0.2, 0.25) is 0 Å². The van der Waals surface area contributed by atoms with E-state index in [4.69, 9.17) is 4.74 Å². The first-order valence-electron chi connectivity index (χ1n) is 8.20. The standard InChI is InChI=1S/C19H24N2O3/c1-5-14-9-7-8-10-15(14)20-11-16(22)18-12(3)17(13(4)21-18)19(23)24-6-2/h7-10,20-21H,5-6,11H2,1-4H3. The molecule has 0 unspecified atom stereocenters. The van der Waals surface area contributed by atoms with E-state index in [0.29, 0.717) is 29.1 Å². The molecule has 128 valence electrons. The van der Waals surface area contributed by atoms with Crippen molar-refractivity contribution >= 4 is 17.4 Å². The largest absolute Gasteiger partial charge is 0.462 e. The van der Waals surface area contributed by atoms with E-state index >= 15 is 0 Å². The molecule has 2 N–H and O–H groups in total. The molecule has 0 saturated carbocycles. The predicted molar refractivity (Wildman–Crippen MR) is 94.9 cm³/mol. The Morgan fingerprint density at radius 1 is 1.17 bits per heavy atom. The number of rotatable bonds is 7. The van der Waals surface area contributed by atoms with Gasteiger partial charge in [-0.1, -0.05) is 25.1 Å². The van der Waals surface area contributed by atoms with Crippen molar-refractivity contribution in [1.82, 2.24) is 4.98 Å². The predicted octanol–water partition coefficient (Wildman–Crippen LogP) is 3.67. The maximum Gasteiger partial charge on any atom is 0.340 e. The summed E-state index contributed by atoms with van der Waals surface area (Å²) in [4.78, 5) is 27.6. The highest BCUT2D eigenvalue weighted by molar-refractivity contribution is 6.03. The third-order valence-electron chi connectivity index (χ3n) is 4.03. The number of para-hydroxylation sites is 1. The molecule has 5 nitrogen and oxygen atoms in total. The van der Waals surface area contributed by atoms with Gasteiger partial charge in [0.1, 0.15) is 0 Å². The molecule has 0 fully saturated rings. The van der Waals surface area contributed by atoms with Crippen LogP contribution in [0.15, 0.2) is 24.3 Å². The molecule has 1 aromatic heterocycles. The summed E-state index contributed by atoms with van der Waals surface area (Å²) in [5.74, 6) is -0.482. The quantitative estimate of drug-likeness (QED) is 0.601. The molecule has 2 aromatic rings. The van der Waals surface area contributed by atoms with E-state index in [1.54, 1.807) is 20.8 Å². The molecular formula is C19H24N2O3. The van der Waals surface area contributed by atoms with Gasteiger partial charge in [-0.2, -0.15) is 0 Å². The number of hydrogen-bond acceptors (Lipinski definition) is 4. The van der Waals surface area contributed by atoms with Crippen LogP contribution in [-0.2, 0) is 11.2 Å². The topological polar surface area (TPSA) is 71.2 Å². The Morgan fingerprint density at radius 3 is 2.54 bits per heavy atom. The van der Waals surface area contributed by atoms with E-state index in [1.165, 1.54) is 0 Å². The van der Waals surface area contributed by atoms with Crippen molar-refractivity contribution < 1.29 is 14.3 Å². The van der Waals surface area contributed by atoms with Crippen LogP contribution in [0.4, 0.5) is 5.69 Å². The third kappa shape index (κ3) is 3.67. The fraction of sp³-hybridized carbons (Fsp3) is 0.368. The molecule has 0 aliphatic heterocycles. The molecule has 0 saturated heterocycles. The first kappa shape index (κ1) is 17.8. The highest BCUT2D eigenvalue weighted by atomic mass is 16.5. The van der Waals surface area contributed by atoms with Crippen LogP contribution >= 0.6 is 0 Å². The number of H-pyrrole nitrogens is 1. The minimum atomic E-state index is -0.396. The van der Waals surface area contributed by atoms with Gasteiger partial charge in [0, 0.05) is 11.4 Å². The third-order valence-corrected chi connectivity index (χ3v) is 4.03. The number of aryl methyl sites for hydroxylation is 2. The number of esters is 1. The summed E-state index contributed by atoms with van der Waals surface area (Å²) in [6, 6.07) is 7.92. The summed E-state index contributed by atoms with van der Waals surface area (Å²) >= 11 is 0. The van der Waals surface area contributed by atoms with Crippen molar-refractivity contribution in [3.05, 3.63) is 52.3 Å². The highest BCUT2D eigenvalue weighted by Gasteiger charge is 2.22. The monoisotopic (exact) mass is 328 g/mol. The number of aromatic nitrogens is 1. The molecule has 0 amide bonds. The van der Waals surface area contributed by atoms with E-state index in [9.17, 15) is 9.59 Å². The van der Waals surface area contributed by atoms with E-state index in [0.717, 1.165) is 17.7 Å². The number of hydrogen-bond donors (Lipinski definition) is 2. The lowest BCUT2D eigenvalue weighted by Gasteiger charge is -2.10. The van der Waals surface area contributed by atoms with Gasteiger partial charge < -0.3 is 15.0 Å². The summed E-state index contributed by atoms with van der Waals surface area (Å²) in [7, 11) is 0. The average molecular weight is 328 g/mol. The zero-order valence-corrected chi connectivity index (χ0v) is 14.7. The number of ether oxygens (including phenoxy) is 1. The van der Waals surface area contributed by atoms with Crippen molar-refractivity contribution in [2.24, 2.45) is 0 Å². The lowest BCUT2D eigenvalue weighted by Crippen LogP contribution is -2.16. The van der Waals surface area contributed by atoms with Crippen LogP contribution in [0.1, 0.15) is 51.5 Å². The van der Waals surface area contributed by atoms with E-state index in [-0.39, 0.29) is 12.3 Å². The molecule has 0 radical (unpaired) electrons. The lowest BCUT2D eigenvalue weighted by molar-refractivity contribution is 0.0525. The Balaban J connectivity index is 2.16. The Labute approximate surface area is 142 Å². The molecule has 0 bridgehead atoms. The van der Waals surface area contributed by atoms with Gasteiger partial charge >= 0.3 is 5.97 Å². The zero-order chi connectivity index (χ0) is 17.7. The molecule has 0 aliphatic rings. The van der Waals surface area contributed by atoms with Gasteiger partial charge in [-0.3, -0.25) is 4.79 Å². The summed E-state index contributed by atoms with van der Waals surface area (Å²) in [6.45, 7) is 7.85. The number of carbonyl (C=O) groups is 2. The fourth-order valence-electron chi connectivity index (χ4n) is 2.80. The van der Waals surface area contributed by atoms with Gasteiger partial charge in [0.05, 0.1) is 24.4 Å². The van der Waals surface area contributed by atoms with E-state index in [2.05, 4.69) is 17.2 Å². The van der Waals surface area contributed by atoms with Crippen LogP contribution in [0.25, 0.3) is 0 Å². The smallest absolute Gasteiger partial charge is 0.340 e. The Kier molecular flexibility index (Phi) is 5.79. The Hall–Kier alpha value is -2.56. The number of Topliss-reactive ketones (excluding diaryl/α,β-unsaturated/α-hetero) is 1. The molecule has 1 aromatic carbocycles. The van der Waals surface area contributed by atoms with Crippen LogP contribution in [0.3, 0.4) is 0 Å². The minimum Gasteiger partial charge on any atom is -0.462 e. The highest BCUT2D eigenvalue weighted by Crippen LogP contribution is 2.20. The number of ketones is 1. The maximum absolute atomic E-state index is 12.5. The van der Waals surface area contributed by atoms with Crippen LogP contribution < -0.4 is 5.32 Å². The summed E-state index contributed by atoms with van der Waals surface area (Å²) in [6.07, 6.45) is 0.894.